The number of amides is 1. The van der Waals surface area contributed by atoms with E-state index >= 15 is 0 Å². The van der Waals surface area contributed by atoms with Gasteiger partial charge in [-0.05, 0) is 36.6 Å². The Morgan fingerprint density at radius 2 is 2.03 bits per heavy atom. The largest absolute Gasteiger partial charge is 0.492 e. The molecule has 2 aromatic rings. The van der Waals surface area contributed by atoms with Crippen molar-refractivity contribution in [3.8, 4) is 5.75 Å². The van der Waals surface area contributed by atoms with E-state index in [9.17, 15) is 17.6 Å². The van der Waals surface area contributed by atoms with Crippen LogP contribution in [0.3, 0.4) is 0 Å². The number of amidine groups is 1. The Morgan fingerprint density at radius 1 is 1.23 bits per heavy atom. The number of nitrogens with two attached hydrogens (primary N) is 1. The monoisotopic (exact) mass is 431 g/mol. The van der Waals surface area contributed by atoms with E-state index in [1.54, 1.807) is 35.2 Å². The normalized spacial score (nSPS) is 20.2. The molecule has 2 aliphatic heterocycles. The van der Waals surface area contributed by atoms with Crippen molar-refractivity contribution < 1.29 is 22.3 Å². The average molecular weight is 431 g/mol. The predicted molar refractivity (Wildman–Crippen MR) is 110 cm³/mol. The van der Waals surface area contributed by atoms with Gasteiger partial charge in [0.25, 0.3) is 15.9 Å². The van der Waals surface area contributed by atoms with Gasteiger partial charge in [0.15, 0.2) is 0 Å². The summed E-state index contributed by atoms with van der Waals surface area (Å²) in [6.07, 6.45) is 1.66. The molecule has 2 aromatic carbocycles. The van der Waals surface area contributed by atoms with Crippen molar-refractivity contribution in [1.82, 2.24) is 4.90 Å². The third-order valence-electron chi connectivity index (χ3n) is 5.33. The second kappa shape index (κ2) is 8.06. The molecule has 4 rings (SSSR count). The van der Waals surface area contributed by atoms with Gasteiger partial charge < -0.3 is 15.4 Å². The van der Waals surface area contributed by atoms with Crippen LogP contribution in [-0.4, -0.2) is 44.8 Å². The molecule has 9 heteroatoms. The molecule has 158 valence electrons. The molecule has 0 aromatic heterocycles. The number of halogens is 1. The number of ether oxygens (including phenoxy) is 1. The molecular formula is C21H22FN3O4S. The van der Waals surface area contributed by atoms with E-state index in [2.05, 4.69) is 4.40 Å². The van der Waals surface area contributed by atoms with Gasteiger partial charge in [0.05, 0.1) is 23.5 Å². The zero-order valence-corrected chi connectivity index (χ0v) is 17.1. The molecule has 1 fully saturated rings. The number of rotatable bonds is 4. The topological polar surface area (TPSA) is 102 Å². The van der Waals surface area contributed by atoms with Crippen molar-refractivity contribution in [2.45, 2.75) is 18.6 Å². The Labute approximate surface area is 174 Å². The van der Waals surface area contributed by atoms with E-state index in [1.165, 1.54) is 12.1 Å². The highest BCUT2D eigenvalue weighted by Crippen LogP contribution is 2.29. The molecule has 0 spiro atoms. The number of piperidine rings is 1. The highest BCUT2D eigenvalue weighted by molar-refractivity contribution is 7.89. The fourth-order valence-corrected chi connectivity index (χ4v) is 5.02. The molecule has 1 saturated heterocycles. The maximum Gasteiger partial charge on any atom is 0.259 e. The third-order valence-corrected chi connectivity index (χ3v) is 6.48. The number of carbonyl (C=O) groups is 1. The number of hydrogen-bond donors (Lipinski definition) is 1. The van der Waals surface area contributed by atoms with Gasteiger partial charge in [0.1, 0.15) is 17.4 Å². The van der Waals surface area contributed by atoms with Crippen LogP contribution < -0.4 is 10.5 Å². The minimum atomic E-state index is -3.61. The van der Waals surface area contributed by atoms with Crippen LogP contribution in [0.15, 0.2) is 46.9 Å². The summed E-state index contributed by atoms with van der Waals surface area (Å²) < 4.78 is 47.2. The summed E-state index contributed by atoms with van der Waals surface area (Å²) in [5.41, 5.74) is 7.00. The summed E-state index contributed by atoms with van der Waals surface area (Å²) in [5, 5.41) is 0. The van der Waals surface area contributed by atoms with E-state index < -0.39 is 15.8 Å². The SMILES string of the molecule is NC1=NS(=O)(=O)Cc2cccc(OC[C@H]3CCCN(C(=O)c4ccccc4F)C3)c21. The van der Waals surface area contributed by atoms with Gasteiger partial charge in [-0.25, -0.2) is 12.8 Å². The van der Waals surface area contributed by atoms with Gasteiger partial charge in [-0.1, -0.05) is 24.3 Å². The fraction of sp³-hybridized carbons (Fsp3) is 0.333. The van der Waals surface area contributed by atoms with Crippen LogP contribution in [0.1, 0.15) is 34.3 Å². The fourth-order valence-electron chi connectivity index (χ4n) is 3.93. The Morgan fingerprint density at radius 3 is 2.83 bits per heavy atom. The Kier molecular flexibility index (Phi) is 5.46. The van der Waals surface area contributed by atoms with Crippen molar-refractivity contribution in [2.75, 3.05) is 19.7 Å². The van der Waals surface area contributed by atoms with Crippen LogP contribution in [0.2, 0.25) is 0 Å². The van der Waals surface area contributed by atoms with Crippen molar-refractivity contribution in [2.24, 2.45) is 16.0 Å². The standard InChI is InChI=1S/C21H22FN3O4S/c22-17-8-2-1-7-16(17)21(26)25-10-4-5-14(11-25)12-29-18-9-3-6-15-13-30(27,28)24-20(23)19(15)18/h1-3,6-9,14H,4-5,10-13H2,(H2,23,24)/t14-/m0/s1. The Hall–Kier alpha value is -2.94. The van der Waals surface area contributed by atoms with E-state index in [0.29, 0.717) is 36.6 Å². The summed E-state index contributed by atoms with van der Waals surface area (Å²) in [4.78, 5) is 14.3. The summed E-state index contributed by atoms with van der Waals surface area (Å²) >= 11 is 0. The number of benzene rings is 2. The van der Waals surface area contributed by atoms with Gasteiger partial charge in [0, 0.05) is 19.0 Å². The summed E-state index contributed by atoms with van der Waals surface area (Å²) in [6, 6.07) is 11.1. The molecular weight excluding hydrogens is 409 g/mol. The predicted octanol–water partition coefficient (Wildman–Crippen LogP) is 2.31. The smallest absolute Gasteiger partial charge is 0.259 e. The number of nitrogens with zero attached hydrogens (tertiary/aromatic N) is 2. The maximum atomic E-state index is 14.0. The van der Waals surface area contributed by atoms with Gasteiger partial charge >= 0.3 is 0 Å². The molecule has 2 heterocycles. The first-order chi connectivity index (χ1) is 14.3. The van der Waals surface area contributed by atoms with Crippen LogP contribution in [0.4, 0.5) is 4.39 Å². The van der Waals surface area contributed by atoms with Crippen LogP contribution in [0, 0.1) is 11.7 Å². The minimum absolute atomic E-state index is 0.0656. The Balaban J connectivity index is 1.45. The lowest BCUT2D eigenvalue weighted by Gasteiger charge is -2.33. The molecule has 0 unspecified atom stereocenters. The lowest BCUT2D eigenvalue weighted by Crippen LogP contribution is -2.42. The zero-order chi connectivity index (χ0) is 21.3. The zero-order valence-electron chi connectivity index (χ0n) is 16.3. The highest BCUT2D eigenvalue weighted by Gasteiger charge is 2.28. The molecule has 30 heavy (non-hydrogen) atoms. The maximum absolute atomic E-state index is 14.0. The molecule has 1 amide bonds. The van der Waals surface area contributed by atoms with Crippen molar-refractivity contribution >= 4 is 21.8 Å². The molecule has 2 N–H and O–H groups in total. The minimum Gasteiger partial charge on any atom is -0.492 e. The first-order valence-corrected chi connectivity index (χ1v) is 11.3. The molecule has 7 nitrogen and oxygen atoms in total. The number of likely N-dealkylation sites (tertiary alicyclic amines) is 1. The lowest BCUT2D eigenvalue weighted by molar-refractivity contribution is 0.0628. The highest BCUT2D eigenvalue weighted by atomic mass is 32.2. The second-order valence-electron chi connectivity index (χ2n) is 7.54. The van der Waals surface area contributed by atoms with Crippen LogP contribution >= 0.6 is 0 Å². The molecule has 0 saturated carbocycles. The third kappa shape index (κ3) is 4.16. The molecule has 1 atom stereocenters. The van der Waals surface area contributed by atoms with E-state index in [4.69, 9.17) is 10.5 Å². The second-order valence-corrected chi connectivity index (χ2v) is 9.18. The van der Waals surface area contributed by atoms with E-state index in [-0.39, 0.29) is 29.0 Å². The lowest BCUT2D eigenvalue weighted by atomic mass is 9.98. The van der Waals surface area contributed by atoms with Gasteiger partial charge in [-0.2, -0.15) is 0 Å². The van der Waals surface area contributed by atoms with Crippen molar-refractivity contribution in [1.29, 1.82) is 0 Å². The summed E-state index contributed by atoms with van der Waals surface area (Å²) in [5.74, 6) is -0.601. The van der Waals surface area contributed by atoms with Crippen molar-refractivity contribution in [3.05, 3.63) is 65.0 Å². The van der Waals surface area contributed by atoms with E-state index in [0.717, 1.165) is 12.8 Å². The first-order valence-electron chi connectivity index (χ1n) is 9.71. The van der Waals surface area contributed by atoms with Gasteiger partial charge in [0.2, 0.25) is 0 Å². The van der Waals surface area contributed by atoms with Crippen molar-refractivity contribution in [3.63, 3.8) is 0 Å². The molecule has 0 aliphatic carbocycles. The van der Waals surface area contributed by atoms with Crippen LogP contribution in [-0.2, 0) is 15.8 Å². The molecule has 0 radical (unpaired) electrons. The summed E-state index contributed by atoms with van der Waals surface area (Å²) in [7, 11) is -3.61. The van der Waals surface area contributed by atoms with Gasteiger partial charge in [-0.15, -0.1) is 4.40 Å². The summed E-state index contributed by atoms with van der Waals surface area (Å²) in [6.45, 7) is 1.36. The Bertz CT molecular complexity index is 1120. The quantitative estimate of drug-likeness (QED) is 0.800. The number of sulfonamides is 1. The first kappa shape index (κ1) is 20.3. The van der Waals surface area contributed by atoms with Crippen LogP contribution in [0.5, 0.6) is 5.75 Å². The van der Waals surface area contributed by atoms with E-state index in [1.807, 2.05) is 0 Å². The number of hydrogen-bond acceptors (Lipinski definition) is 5. The van der Waals surface area contributed by atoms with Crippen LogP contribution in [0.25, 0.3) is 0 Å². The number of carbonyl (C=O) groups excluding carboxylic acids is 1. The molecule has 0 bridgehead atoms. The molecule has 2 aliphatic rings. The van der Waals surface area contributed by atoms with Gasteiger partial charge in [-0.3, -0.25) is 4.79 Å². The average Bonchev–Trinajstić information content (AvgIpc) is 2.71. The number of fused-ring (bicyclic) bond motifs is 1.